The summed E-state index contributed by atoms with van der Waals surface area (Å²) in [4.78, 5) is 20.0. The van der Waals surface area contributed by atoms with Crippen molar-refractivity contribution in [3.05, 3.63) is 133 Å². The van der Waals surface area contributed by atoms with Gasteiger partial charge in [-0.2, -0.15) is 0 Å². The van der Waals surface area contributed by atoms with E-state index in [4.69, 9.17) is 19.9 Å². The van der Waals surface area contributed by atoms with Crippen LogP contribution in [0.1, 0.15) is 31.2 Å². The van der Waals surface area contributed by atoms with E-state index in [-0.39, 0.29) is 0 Å². The maximum absolute atomic E-state index is 5.05. The third kappa shape index (κ3) is 4.82. The van der Waals surface area contributed by atoms with Crippen molar-refractivity contribution >= 4 is 21.8 Å². The molecule has 0 aliphatic rings. The van der Waals surface area contributed by atoms with Crippen LogP contribution in [0.3, 0.4) is 0 Å². The lowest BCUT2D eigenvalue weighted by atomic mass is 9.96. The molecule has 0 aliphatic heterocycles. The molecule has 4 aromatic carbocycles. The van der Waals surface area contributed by atoms with Gasteiger partial charge in [-0.1, -0.05) is 111 Å². The highest BCUT2D eigenvalue weighted by molar-refractivity contribution is 6.08. The van der Waals surface area contributed by atoms with Crippen LogP contribution in [0, 0.1) is 6.92 Å². The summed E-state index contributed by atoms with van der Waals surface area (Å²) in [6.07, 6.45) is 0. The van der Waals surface area contributed by atoms with Crippen LogP contribution in [0.4, 0.5) is 0 Å². The molecule has 7 rings (SSSR count). The number of hydrogen-bond acceptors (Lipinski definition) is 4. The summed E-state index contributed by atoms with van der Waals surface area (Å²) in [7, 11) is 0. The second kappa shape index (κ2) is 10.6. The molecule has 3 heterocycles. The van der Waals surface area contributed by atoms with Gasteiger partial charge in [0.2, 0.25) is 0 Å². The molecule has 0 bridgehead atoms. The first-order valence-electron chi connectivity index (χ1n) is 14.4. The summed E-state index contributed by atoms with van der Waals surface area (Å²) in [5, 5.41) is 2.20. The van der Waals surface area contributed by atoms with Gasteiger partial charge in [-0.05, 0) is 48.2 Å². The normalized spacial score (nSPS) is 11.4. The smallest absolute Gasteiger partial charge is 0.160 e. The summed E-state index contributed by atoms with van der Waals surface area (Å²) >= 11 is 0. The monoisotopic (exact) mass is 542 g/mol. The van der Waals surface area contributed by atoms with Crippen LogP contribution >= 0.6 is 0 Å². The first-order chi connectivity index (χ1) is 20.5. The first kappa shape index (κ1) is 25.7. The van der Waals surface area contributed by atoms with Crippen molar-refractivity contribution in [2.45, 2.75) is 26.7 Å². The first-order valence-corrected chi connectivity index (χ1v) is 14.4. The lowest BCUT2D eigenvalue weighted by Crippen LogP contribution is -1.97. The van der Waals surface area contributed by atoms with E-state index in [2.05, 4.69) is 106 Å². The molecular formula is C38H30N4. The fraction of sp³-hybridized carbons (Fsp3) is 0.105. The Morgan fingerprint density at radius 3 is 1.88 bits per heavy atom. The lowest BCUT2D eigenvalue weighted by Gasteiger charge is -2.13. The van der Waals surface area contributed by atoms with Gasteiger partial charge in [0.1, 0.15) is 0 Å². The minimum Gasteiger partial charge on any atom is -0.251 e. The Hall–Kier alpha value is -5.22. The predicted octanol–water partition coefficient (Wildman–Crippen LogP) is 9.67. The molecule has 0 N–H and O–H groups in total. The Kier molecular flexibility index (Phi) is 6.52. The van der Waals surface area contributed by atoms with Gasteiger partial charge in [-0.15, -0.1) is 0 Å². The molecule has 0 aliphatic carbocycles. The van der Waals surface area contributed by atoms with Gasteiger partial charge in [0.25, 0.3) is 0 Å². The Bertz CT molecular complexity index is 2010. The van der Waals surface area contributed by atoms with Gasteiger partial charge in [-0.3, -0.25) is 9.97 Å². The number of fused-ring (bicyclic) bond motifs is 3. The molecule has 42 heavy (non-hydrogen) atoms. The number of rotatable bonds is 5. The Labute approximate surface area is 245 Å². The van der Waals surface area contributed by atoms with E-state index in [1.54, 1.807) is 0 Å². The SMILES string of the molecule is Cc1cc(-c2cccc(-c3cc(-c4ccccc4)nc(-c4ccccc4)n3)c2)c2ccc3ccc(C(C)C)nc3c2n1. The fourth-order valence-corrected chi connectivity index (χ4v) is 5.49. The average Bonchev–Trinajstić information content (AvgIpc) is 3.04. The topological polar surface area (TPSA) is 51.6 Å². The zero-order valence-corrected chi connectivity index (χ0v) is 23.9. The van der Waals surface area contributed by atoms with Crippen molar-refractivity contribution in [2.24, 2.45) is 0 Å². The van der Waals surface area contributed by atoms with Crippen LogP contribution in [0.25, 0.3) is 66.8 Å². The number of pyridine rings is 2. The van der Waals surface area contributed by atoms with Crippen molar-refractivity contribution in [1.29, 1.82) is 0 Å². The zero-order chi connectivity index (χ0) is 28.6. The van der Waals surface area contributed by atoms with Crippen molar-refractivity contribution < 1.29 is 0 Å². The summed E-state index contributed by atoms with van der Waals surface area (Å²) in [5.74, 6) is 1.06. The van der Waals surface area contributed by atoms with E-state index < -0.39 is 0 Å². The Morgan fingerprint density at radius 1 is 0.500 bits per heavy atom. The van der Waals surface area contributed by atoms with E-state index in [0.717, 1.165) is 72.4 Å². The van der Waals surface area contributed by atoms with E-state index >= 15 is 0 Å². The highest BCUT2D eigenvalue weighted by Crippen LogP contribution is 2.35. The molecule has 202 valence electrons. The van der Waals surface area contributed by atoms with Gasteiger partial charge < -0.3 is 0 Å². The quantitative estimate of drug-likeness (QED) is 0.203. The largest absolute Gasteiger partial charge is 0.251 e. The Balaban J connectivity index is 1.40. The highest BCUT2D eigenvalue weighted by atomic mass is 14.9. The summed E-state index contributed by atoms with van der Waals surface area (Å²) in [6.45, 7) is 6.41. The number of aromatic nitrogens is 4. The molecule has 0 unspecified atom stereocenters. The minimum absolute atomic E-state index is 0.347. The van der Waals surface area contributed by atoms with Crippen LogP contribution in [0.15, 0.2) is 121 Å². The lowest BCUT2D eigenvalue weighted by molar-refractivity contribution is 0.830. The molecule has 4 nitrogen and oxygen atoms in total. The van der Waals surface area contributed by atoms with E-state index in [1.165, 1.54) is 0 Å². The molecular weight excluding hydrogens is 512 g/mol. The van der Waals surface area contributed by atoms with Gasteiger partial charge in [-0.25, -0.2) is 9.97 Å². The van der Waals surface area contributed by atoms with Gasteiger partial charge in [0.15, 0.2) is 5.82 Å². The number of benzene rings is 4. The highest BCUT2D eigenvalue weighted by Gasteiger charge is 2.15. The summed E-state index contributed by atoms with van der Waals surface area (Å²) in [6, 6.07) is 41.9. The molecule has 4 heteroatoms. The molecule has 0 atom stereocenters. The van der Waals surface area contributed by atoms with Crippen molar-refractivity contribution in [3.63, 3.8) is 0 Å². The predicted molar refractivity (Wildman–Crippen MR) is 173 cm³/mol. The van der Waals surface area contributed by atoms with Crippen molar-refractivity contribution in [3.8, 4) is 45.0 Å². The zero-order valence-electron chi connectivity index (χ0n) is 23.9. The number of hydrogen-bond donors (Lipinski definition) is 0. The van der Waals surface area contributed by atoms with Crippen LogP contribution in [0.2, 0.25) is 0 Å². The van der Waals surface area contributed by atoms with E-state index in [1.807, 2.05) is 36.4 Å². The molecule has 0 radical (unpaired) electrons. The van der Waals surface area contributed by atoms with E-state index in [9.17, 15) is 0 Å². The van der Waals surface area contributed by atoms with Crippen LogP contribution in [-0.4, -0.2) is 19.9 Å². The van der Waals surface area contributed by atoms with Crippen LogP contribution < -0.4 is 0 Å². The molecule has 0 saturated carbocycles. The molecule has 0 amide bonds. The van der Waals surface area contributed by atoms with Crippen molar-refractivity contribution in [2.75, 3.05) is 0 Å². The number of aryl methyl sites for hydroxylation is 1. The van der Waals surface area contributed by atoms with Gasteiger partial charge in [0.05, 0.1) is 22.4 Å². The maximum Gasteiger partial charge on any atom is 0.160 e. The molecule has 0 spiro atoms. The van der Waals surface area contributed by atoms with E-state index in [0.29, 0.717) is 11.7 Å². The molecule has 0 fully saturated rings. The molecule has 7 aromatic rings. The van der Waals surface area contributed by atoms with Crippen LogP contribution in [-0.2, 0) is 0 Å². The maximum atomic E-state index is 5.05. The van der Waals surface area contributed by atoms with Crippen molar-refractivity contribution in [1.82, 2.24) is 19.9 Å². The second-order valence-corrected chi connectivity index (χ2v) is 11.0. The molecule has 0 saturated heterocycles. The number of nitrogens with zero attached hydrogens (tertiary/aromatic N) is 4. The minimum atomic E-state index is 0.347. The summed E-state index contributed by atoms with van der Waals surface area (Å²) in [5.41, 5.74) is 11.1. The second-order valence-electron chi connectivity index (χ2n) is 11.0. The van der Waals surface area contributed by atoms with Gasteiger partial charge in [0, 0.05) is 38.9 Å². The summed E-state index contributed by atoms with van der Waals surface area (Å²) < 4.78 is 0. The van der Waals surface area contributed by atoms with Crippen LogP contribution in [0.5, 0.6) is 0 Å². The standard InChI is InChI=1S/C38H30N4/c1-24(2)33-20-18-27-17-19-31-32(21-25(3)39-37(31)36(27)40-33)29-15-10-16-30(22-29)35-23-34(26-11-6-4-7-12-26)41-38(42-35)28-13-8-5-9-14-28/h4-24H,1-3H3. The average molecular weight is 543 g/mol. The third-order valence-electron chi connectivity index (χ3n) is 7.68. The third-order valence-corrected chi connectivity index (χ3v) is 7.68. The Morgan fingerprint density at radius 2 is 1.14 bits per heavy atom. The molecule has 3 aromatic heterocycles. The van der Waals surface area contributed by atoms with Gasteiger partial charge >= 0.3 is 0 Å². The fourth-order valence-electron chi connectivity index (χ4n) is 5.49.